The van der Waals surface area contributed by atoms with E-state index in [2.05, 4.69) is 15.6 Å². The molecule has 1 aromatic heterocycles. The van der Waals surface area contributed by atoms with Crippen molar-refractivity contribution in [3.63, 3.8) is 0 Å². The van der Waals surface area contributed by atoms with Gasteiger partial charge in [-0.25, -0.2) is 18.2 Å². The van der Waals surface area contributed by atoms with Crippen LogP contribution in [0.25, 0.3) is 10.2 Å². The number of carbonyl (C=O) groups excluding carboxylic acids is 1. The number of nitro benzene ring substituents is 1. The first-order chi connectivity index (χ1) is 14.7. The molecule has 0 aliphatic carbocycles. The molecule has 1 saturated heterocycles. The van der Waals surface area contributed by atoms with Gasteiger partial charge in [-0.1, -0.05) is 22.9 Å². The van der Waals surface area contributed by atoms with Gasteiger partial charge >= 0.3 is 6.03 Å². The number of urea groups is 1. The minimum atomic E-state index is -3.80. The van der Waals surface area contributed by atoms with Crippen LogP contribution in [0, 0.1) is 10.1 Å². The molecule has 162 valence electrons. The van der Waals surface area contributed by atoms with E-state index in [9.17, 15) is 23.3 Å². The van der Waals surface area contributed by atoms with Crippen LogP contribution < -0.4 is 10.6 Å². The van der Waals surface area contributed by atoms with Crippen LogP contribution in [0.3, 0.4) is 0 Å². The van der Waals surface area contributed by atoms with Crippen LogP contribution in [0.2, 0.25) is 5.02 Å². The molecule has 10 nitrogen and oxygen atoms in total. The van der Waals surface area contributed by atoms with Crippen LogP contribution in [0.1, 0.15) is 12.8 Å². The summed E-state index contributed by atoms with van der Waals surface area (Å²) in [4.78, 5) is 27.2. The van der Waals surface area contributed by atoms with E-state index in [0.29, 0.717) is 28.1 Å². The van der Waals surface area contributed by atoms with Crippen molar-refractivity contribution in [2.45, 2.75) is 23.9 Å². The normalized spacial score (nSPS) is 17.0. The fourth-order valence-electron chi connectivity index (χ4n) is 3.28. The highest BCUT2D eigenvalue weighted by molar-refractivity contribution is 7.89. The summed E-state index contributed by atoms with van der Waals surface area (Å²) in [5.74, 6) is 0. The first-order valence-corrected chi connectivity index (χ1v) is 11.8. The zero-order valence-corrected chi connectivity index (χ0v) is 18.2. The van der Waals surface area contributed by atoms with Crippen molar-refractivity contribution in [1.82, 2.24) is 14.6 Å². The van der Waals surface area contributed by atoms with E-state index in [1.165, 1.54) is 46.8 Å². The zero-order chi connectivity index (χ0) is 22.2. The fourth-order valence-corrected chi connectivity index (χ4v) is 5.91. The second kappa shape index (κ2) is 8.38. The number of anilines is 1. The van der Waals surface area contributed by atoms with Gasteiger partial charge in [-0.3, -0.25) is 15.4 Å². The quantitative estimate of drug-likeness (QED) is 0.420. The van der Waals surface area contributed by atoms with Crippen molar-refractivity contribution >= 4 is 60.0 Å². The van der Waals surface area contributed by atoms with Crippen molar-refractivity contribution in [2.75, 3.05) is 11.9 Å². The van der Waals surface area contributed by atoms with Gasteiger partial charge in [-0.05, 0) is 43.2 Å². The molecule has 2 amide bonds. The number of rotatable bonds is 5. The van der Waals surface area contributed by atoms with Gasteiger partial charge in [0.2, 0.25) is 10.0 Å². The maximum Gasteiger partial charge on any atom is 0.322 e. The molecule has 0 spiro atoms. The lowest BCUT2D eigenvalue weighted by atomic mass is 10.3. The summed E-state index contributed by atoms with van der Waals surface area (Å²) in [5, 5.41) is 16.8. The Kier molecular flexibility index (Phi) is 5.79. The largest absolute Gasteiger partial charge is 0.322 e. The summed E-state index contributed by atoms with van der Waals surface area (Å²) in [6.45, 7) is 0.278. The zero-order valence-electron chi connectivity index (χ0n) is 15.8. The van der Waals surface area contributed by atoms with Crippen LogP contribution in [0.5, 0.6) is 0 Å². The number of halogens is 1. The van der Waals surface area contributed by atoms with E-state index >= 15 is 0 Å². The number of nitro groups is 1. The molecule has 0 radical (unpaired) electrons. The predicted molar refractivity (Wildman–Crippen MR) is 117 cm³/mol. The minimum absolute atomic E-state index is 0.0684. The highest BCUT2D eigenvalue weighted by Crippen LogP contribution is 2.29. The molecule has 2 N–H and O–H groups in total. The molecular formula is C18H16ClN5O5S2. The number of hydrogen-bond acceptors (Lipinski definition) is 7. The number of carbonyl (C=O) groups is 1. The summed E-state index contributed by atoms with van der Waals surface area (Å²) in [7, 11) is -3.80. The molecule has 3 aromatic rings. The van der Waals surface area contributed by atoms with Gasteiger partial charge in [0.1, 0.15) is 0 Å². The Morgan fingerprint density at radius 3 is 2.71 bits per heavy atom. The number of benzene rings is 2. The van der Waals surface area contributed by atoms with Crippen LogP contribution >= 0.6 is 22.9 Å². The lowest BCUT2D eigenvalue weighted by molar-refractivity contribution is -0.384. The SMILES string of the molecule is O=C(Nc1nc2ccc([N+](=O)[O-])cc2s1)NC1CCCN1S(=O)(=O)c1ccc(Cl)cc1. The molecule has 4 rings (SSSR count). The van der Waals surface area contributed by atoms with Crippen molar-refractivity contribution in [3.05, 3.63) is 57.6 Å². The summed E-state index contributed by atoms with van der Waals surface area (Å²) < 4.78 is 27.7. The summed E-state index contributed by atoms with van der Waals surface area (Å²) in [5.41, 5.74) is 0.444. The predicted octanol–water partition coefficient (Wildman–Crippen LogP) is 3.79. The van der Waals surface area contributed by atoms with E-state index in [1.807, 2.05) is 0 Å². The second-order valence-electron chi connectivity index (χ2n) is 6.75. The summed E-state index contributed by atoms with van der Waals surface area (Å²) in [6.07, 6.45) is 0.352. The second-order valence-corrected chi connectivity index (χ2v) is 10.1. The standard InChI is InChI=1S/C18H16ClN5O5S2/c19-11-3-6-13(7-4-11)31(28,29)23-9-1-2-16(23)21-17(25)22-18-20-14-8-5-12(24(26)27)10-15(14)30-18/h3-8,10,16H,1-2,9H2,(H2,20,21,22,25). The number of fused-ring (bicyclic) bond motifs is 1. The number of thiazole rings is 1. The Morgan fingerprint density at radius 1 is 1.26 bits per heavy atom. The average Bonchev–Trinajstić information content (AvgIpc) is 3.34. The van der Waals surface area contributed by atoms with Crippen molar-refractivity contribution in [3.8, 4) is 0 Å². The number of aromatic nitrogens is 1. The first kappa shape index (κ1) is 21.4. The molecule has 1 aliphatic heterocycles. The molecule has 0 saturated carbocycles. The van der Waals surface area contributed by atoms with Gasteiger partial charge in [0, 0.05) is 23.7 Å². The molecule has 1 atom stereocenters. The van der Waals surface area contributed by atoms with Crippen LogP contribution in [0.15, 0.2) is 47.4 Å². The van der Waals surface area contributed by atoms with E-state index in [-0.39, 0.29) is 22.3 Å². The van der Waals surface area contributed by atoms with Gasteiger partial charge < -0.3 is 5.32 Å². The molecule has 2 aromatic carbocycles. The first-order valence-electron chi connectivity index (χ1n) is 9.14. The highest BCUT2D eigenvalue weighted by Gasteiger charge is 2.36. The average molecular weight is 482 g/mol. The minimum Gasteiger partial charge on any atom is -0.321 e. The molecule has 1 aliphatic rings. The summed E-state index contributed by atoms with van der Waals surface area (Å²) >= 11 is 6.93. The molecule has 0 bridgehead atoms. The Labute approximate surface area is 186 Å². The Balaban J connectivity index is 1.47. The maximum absolute atomic E-state index is 12.9. The Morgan fingerprint density at radius 2 is 2.00 bits per heavy atom. The molecule has 1 unspecified atom stereocenters. The third kappa shape index (κ3) is 4.46. The number of nitrogens with zero attached hydrogens (tertiary/aromatic N) is 3. The number of nitrogens with one attached hydrogen (secondary N) is 2. The number of non-ortho nitro benzene ring substituents is 1. The Hall–Kier alpha value is -2.80. The Bertz CT molecular complexity index is 1260. The van der Waals surface area contributed by atoms with Gasteiger partial charge in [-0.15, -0.1) is 0 Å². The monoisotopic (exact) mass is 481 g/mol. The van der Waals surface area contributed by atoms with E-state index in [1.54, 1.807) is 0 Å². The molecule has 13 heteroatoms. The van der Waals surface area contributed by atoms with E-state index in [0.717, 1.165) is 11.3 Å². The lowest BCUT2D eigenvalue weighted by Gasteiger charge is -2.24. The molecule has 2 heterocycles. The summed E-state index contributed by atoms with van der Waals surface area (Å²) in [6, 6.07) is 9.45. The van der Waals surface area contributed by atoms with Gasteiger partial charge in [0.25, 0.3) is 5.69 Å². The molecule has 1 fully saturated rings. The fraction of sp³-hybridized carbons (Fsp3) is 0.222. The van der Waals surface area contributed by atoms with Crippen LogP contribution in [-0.2, 0) is 10.0 Å². The third-order valence-corrected chi connectivity index (χ3v) is 7.83. The smallest absolute Gasteiger partial charge is 0.321 e. The van der Waals surface area contributed by atoms with Crippen molar-refractivity contribution < 1.29 is 18.1 Å². The number of sulfonamides is 1. The van der Waals surface area contributed by atoms with Crippen LogP contribution in [0.4, 0.5) is 15.6 Å². The lowest BCUT2D eigenvalue weighted by Crippen LogP contribution is -2.48. The molecule has 31 heavy (non-hydrogen) atoms. The maximum atomic E-state index is 12.9. The third-order valence-electron chi connectivity index (χ3n) is 4.72. The van der Waals surface area contributed by atoms with Gasteiger partial charge in [0.15, 0.2) is 5.13 Å². The van der Waals surface area contributed by atoms with E-state index < -0.39 is 27.1 Å². The van der Waals surface area contributed by atoms with Gasteiger partial charge in [0.05, 0.1) is 26.2 Å². The number of hydrogen-bond donors (Lipinski definition) is 2. The van der Waals surface area contributed by atoms with E-state index in [4.69, 9.17) is 11.6 Å². The number of amides is 2. The topological polar surface area (TPSA) is 135 Å². The molecular weight excluding hydrogens is 466 g/mol. The van der Waals surface area contributed by atoms with Crippen molar-refractivity contribution in [2.24, 2.45) is 0 Å². The highest BCUT2D eigenvalue weighted by atomic mass is 35.5. The van der Waals surface area contributed by atoms with Crippen LogP contribution in [-0.4, -0.2) is 41.4 Å². The van der Waals surface area contributed by atoms with Gasteiger partial charge in [-0.2, -0.15) is 4.31 Å². The van der Waals surface area contributed by atoms with Crippen molar-refractivity contribution in [1.29, 1.82) is 0 Å².